The second kappa shape index (κ2) is 4.65. The number of benzene rings is 1. The van der Waals surface area contributed by atoms with Gasteiger partial charge in [0.1, 0.15) is 0 Å². The van der Waals surface area contributed by atoms with Crippen LogP contribution in [0.15, 0.2) is 18.2 Å². The van der Waals surface area contributed by atoms with Crippen molar-refractivity contribution in [3.05, 3.63) is 29.3 Å². The number of Topliss-reactive ketones (excluding diaryl/α,β-unsaturated/α-hetero) is 1. The smallest absolute Gasteiger partial charge is 0.229 e. The molecule has 0 saturated carbocycles. The summed E-state index contributed by atoms with van der Waals surface area (Å²) >= 11 is 0. The molecule has 0 aliphatic heterocycles. The number of carbonyl (C=O) groups is 1. The maximum Gasteiger partial charge on any atom is 0.229 e. The van der Waals surface area contributed by atoms with Crippen LogP contribution in [0, 0.1) is 0 Å². The monoisotopic (exact) mass is 241 g/mol. The van der Waals surface area contributed by atoms with E-state index in [9.17, 15) is 13.2 Å². The van der Waals surface area contributed by atoms with E-state index in [4.69, 9.17) is 0 Å². The minimum absolute atomic E-state index is 0.0272. The van der Waals surface area contributed by atoms with E-state index in [1.165, 1.54) is 6.92 Å². The highest BCUT2D eigenvalue weighted by Crippen LogP contribution is 2.19. The van der Waals surface area contributed by atoms with Crippen LogP contribution in [0.3, 0.4) is 0 Å². The first-order valence-corrected chi connectivity index (χ1v) is 6.84. The summed E-state index contributed by atoms with van der Waals surface area (Å²) < 4.78 is 24.6. The molecule has 0 amide bonds. The van der Waals surface area contributed by atoms with E-state index in [0.717, 1.165) is 11.8 Å². The van der Waals surface area contributed by atoms with Crippen LogP contribution < -0.4 is 4.72 Å². The lowest BCUT2D eigenvalue weighted by Crippen LogP contribution is -2.11. The van der Waals surface area contributed by atoms with Gasteiger partial charge >= 0.3 is 0 Å². The van der Waals surface area contributed by atoms with E-state index in [1.54, 1.807) is 18.2 Å². The Hall–Kier alpha value is -1.36. The van der Waals surface area contributed by atoms with Crippen molar-refractivity contribution in [2.24, 2.45) is 0 Å². The van der Waals surface area contributed by atoms with Crippen LogP contribution in [0.25, 0.3) is 0 Å². The van der Waals surface area contributed by atoms with E-state index < -0.39 is 10.0 Å². The molecule has 0 bridgehead atoms. The molecule has 88 valence electrons. The summed E-state index contributed by atoms with van der Waals surface area (Å²) in [6.45, 7) is 3.39. The van der Waals surface area contributed by atoms with Gasteiger partial charge in [-0.1, -0.05) is 6.92 Å². The maximum absolute atomic E-state index is 11.2. The van der Waals surface area contributed by atoms with E-state index in [1.807, 2.05) is 6.92 Å². The topological polar surface area (TPSA) is 63.2 Å². The van der Waals surface area contributed by atoms with Gasteiger partial charge < -0.3 is 0 Å². The quantitative estimate of drug-likeness (QED) is 0.818. The van der Waals surface area contributed by atoms with Crippen molar-refractivity contribution in [1.82, 2.24) is 0 Å². The third-order valence-electron chi connectivity index (χ3n) is 2.19. The third-order valence-corrected chi connectivity index (χ3v) is 2.78. The fourth-order valence-corrected chi connectivity index (χ4v) is 2.00. The van der Waals surface area contributed by atoms with Gasteiger partial charge in [-0.3, -0.25) is 9.52 Å². The Morgan fingerprint density at radius 3 is 2.44 bits per heavy atom. The van der Waals surface area contributed by atoms with Gasteiger partial charge in [-0.2, -0.15) is 0 Å². The van der Waals surface area contributed by atoms with Crippen LogP contribution in [0.5, 0.6) is 0 Å². The molecule has 0 aliphatic carbocycles. The van der Waals surface area contributed by atoms with Gasteiger partial charge in [0.05, 0.1) is 11.9 Å². The minimum atomic E-state index is -3.28. The molecular weight excluding hydrogens is 226 g/mol. The molecule has 0 aromatic heterocycles. The fraction of sp³-hybridized carbons (Fsp3) is 0.364. The van der Waals surface area contributed by atoms with Crippen LogP contribution in [0.2, 0.25) is 0 Å². The summed E-state index contributed by atoms with van der Waals surface area (Å²) in [5.41, 5.74) is 1.95. The minimum Gasteiger partial charge on any atom is -0.295 e. The molecule has 16 heavy (non-hydrogen) atoms. The van der Waals surface area contributed by atoms with Crippen molar-refractivity contribution in [2.75, 3.05) is 11.0 Å². The second-order valence-electron chi connectivity index (χ2n) is 3.66. The zero-order valence-electron chi connectivity index (χ0n) is 9.57. The van der Waals surface area contributed by atoms with E-state index >= 15 is 0 Å². The lowest BCUT2D eigenvalue weighted by Gasteiger charge is -2.10. The van der Waals surface area contributed by atoms with Crippen LogP contribution in [0.1, 0.15) is 29.8 Å². The molecular formula is C11H15NO3S. The predicted octanol–water partition coefficient (Wildman–Crippen LogP) is 1.82. The largest absolute Gasteiger partial charge is 0.295 e. The van der Waals surface area contributed by atoms with Crippen LogP contribution in [-0.4, -0.2) is 20.5 Å². The Labute approximate surface area is 95.7 Å². The number of carbonyl (C=O) groups excluding carboxylic acids is 1. The molecule has 0 saturated heterocycles. The zero-order chi connectivity index (χ0) is 12.3. The first-order valence-electron chi connectivity index (χ1n) is 4.95. The van der Waals surface area contributed by atoms with Gasteiger partial charge in [0, 0.05) is 5.56 Å². The number of hydrogen-bond donors (Lipinski definition) is 1. The fourth-order valence-electron chi connectivity index (χ4n) is 1.40. The summed E-state index contributed by atoms with van der Waals surface area (Å²) in [5, 5.41) is 0. The zero-order valence-corrected chi connectivity index (χ0v) is 10.4. The Balaban J connectivity index is 3.17. The average Bonchev–Trinajstić information content (AvgIpc) is 2.15. The molecule has 1 aromatic rings. The highest BCUT2D eigenvalue weighted by Gasteiger charge is 2.08. The van der Waals surface area contributed by atoms with Gasteiger partial charge in [-0.15, -0.1) is 0 Å². The van der Waals surface area contributed by atoms with Crippen molar-refractivity contribution >= 4 is 21.5 Å². The molecule has 0 spiro atoms. The first-order chi connectivity index (χ1) is 7.33. The molecule has 4 nitrogen and oxygen atoms in total. The molecule has 5 heteroatoms. The Morgan fingerprint density at radius 1 is 1.38 bits per heavy atom. The number of anilines is 1. The van der Waals surface area contributed by atoms with E-state index in [2.05, 4.69) is 4.72 Å². The SMILES string of the molecule is CCc1cc(C(C)=O)ccc1NS(C)(=O)=O. The van der Waals surface area contributed by atoms with Crippen molar-refractivity contribution in [3.63, 3.8) is 0 Å². The molecule has 0 unspecified atom stereocenters. The van der Waals surface area contributed by atoms with Crippen LogP contribution in [0.4, 0.5) is 5.69 Å². The Kier molecular flexibility index (Phi) is 3.70. The molecule has 1 N–H and O–H groups in total. The molecule has 0 radical (unpaired) electrons. The summed E-state index contributed by atoms with van der Waals surface area (Å²) in [6.07, 6.45) is 1.77. The number of aryl methyl sites for hydroxylation is 1. The lowest BCUT2D eigenvalue weighted by molar-refractivity contribution is 0.101. The number of hydrogen-bond acceptors (Lipinski definition) is 3. The average molecular weight is 241 g/mol. The number of ketones is 1. The first kappa shape index (κ1) is 12.7. The summed E-state index contributed by atoms with van der Waals surface area (Å²) in [5.74, 6) is -0.0272. The Bertz CT molecular complexity index is 506. The third kappa shape index (κ3) is 3.34. The molecule has 1 rings (SSSR count). The van der Waals surface area contributed by atoms with Crippen LogP contribution >= 0.6 is 0 Å². The highest BCUT2D eigenvalue weighted by atomic mass is 32.2. The van der Waals surface area contributed by atoms with Crippen molar-refractivity contribution in [3.8, 4) is 0 Å². The number of rotatable bonds is 4. The number of sulfonamides is 1. The maximum atomic E-state index is 11.2. The van der Waals surface area contributed by atoms with Gasteiger partial charge in [-0.25, -0.2) is 8.42 Å². The predicted molar refractivity (Wildman–Crippen MR) is 64.3 cm³/mol. The molecule has 0 fully saturated rings. The van der Waals surface area contributed by atoms with Gasteiger partial charge in [0.2, 0.25) is 10.0 Å². The standard InChI is InChI=1S/C11H15NO3S/c1-4-9-7-10(8(2)13)5-6-11(9)12-16(3,14)15/h5-7,12H,4H2,1-3H3. The normalized spacial score (nSPS) is 11.2. The summed E-state index contributed by atoms with van der Waals surface area (Å²) in [7, 11) is -3.28. The van der Waals surface area contributed by atoms with Crippen molar-refractivity contribution in [2.45, 2.75) is 20.3 Å². The van der Waals surface area contributed by atoms with Crippen LogP contribution in [-0.2, 0) is 16.4 Å². The molecule has 1 aromatic carbocycles. The lowest BCUT2D eigenvalue weighted by atomic mass is 10.0. The number of nitrogens with one attached hydrogen (secondary N) is 1. The van der Waals surface area contributed by atoms with Crippen molar-refractivity contribution in [1.29, 1.82) is 0 Å². The van der Waals surface area contributed by atoms with Crippen molar-refractivity contribution < 1.29 is 13.2 Å². The van der Waals surface area contributed by atoms with Gasteiger partial charge in [-0.05, 0) is 37.1 Å². The second-order valence-corrected chi connectivity index (χ2v) is 5.40. The molecule has 0 atom stereocenters. The van der Waals surface area contributed by atoms with E-state index in [0.29, 0.717) is 17.7 Å². The van der Waals surface area contributed by atoms with Gasteiger partial charge in [0.15, 0.2) is 5.78 Å². The molecule has 0 aliphatic rings. The Morgan fingerprint density at radius 2 is 2.00 bits per heavy atom. The van der Waals surface area contributed by atoms with E-state index in [-0.39, 0.29) is 5.78 Å². The molecule has 0 heterocycles. The van der Waals surface area contributed by atoms with Gasteiger partial charge in [0.25, 0.3) is 0 Å². The highest BCUT2D eigenvalue weighted by molar-refractivity contribution is 7.92. The summed E-state index contributed by atoms with van der Waals surface area (Å²) in [6, 6.07) is 4.96. The summed E-state index contributed by atoms with van der Waals surface area (Å²) in [4.78, 5) is 11.2.